The van der Waals surface area contributed by atoms with Crippen molar-refractivity contribution >= 4 is 46.2 Å². The molecule has 1 unspecified atom stereocenters. The maximum atomic E-state index is 14.2. The van der Waals surface area contributed by atoms with Crippen LogP contribution in [0.1, 0.15) is 51.9 Å². The Morgan fingerprint density at radius 3 is 2.51 bits per heavy atom. The van der Waals surface area contributed by atoms with E-state index in [9.17, 15) is 14.0 Å². The van der Waals surface area contributed by atoms with Crippen LogP contribution in [0.4, 0.5) is 15.8 Å². The summed E-state index contributed by atoms with van der Waals surface area (Å²) in [5, 5.41) is 13.4. The lowest BCUT2D eigenvalue weighted by molar-refractivity contribution is -0.117. The number of thiocarbonyl (C=S) groups is 1. The van der Waals surface area contributed by atoms with Gasteiger partial charge in [-0.1, -0.05) is 30.4 Å². The van der Waals surface area contributed by atoms with Gasteiger partial charge in [0.05, 0.1) is 17.0 Å². The minimum absolute atomic E-state index is 0.151. The number of hydrogen-bond acceptors (Lipinski definition) is 4. The Bertz CT molecular complexity index is 1400. The maximum absolute atomic E-state index is 14.2. The van der Waals surface area contributed by atoms with Gasteiger partial charge < -0.3 is 5.11 Å². The summed E-state index contributed by atoms with van der Waals surface area (Å²) in [5.41, 5.74) is 8.47. The van der Waals surface area contributed by atoms with E-state index in [4.69, 9.17) is 17.3 Å². The number of nitrogens with one attached hydrogen (secondary N) is 1. The highest BCUT2D eigenvalue weighted by Crippen LogP contribution is 2.43. The zero-order valence-corrected chi connectivity index (χ0v) is 19.7. The van der Waals surface area contributed by atoms with Crippen LogP contribution >= 0.6 is 12.2 Å². The molecule has 5 rings (SSSR count). The van der Waals surface area contributed by atoms with E-state index in [1.165, 1.54) is 35.4 Å². The molecule has 0 saturated heterocycles. The van der Waals surface area contributed by atoms with Gasteiger partial charge in [0, 0.05) is 11.3 Å². The second kappa shape index (κ2) is 9.03. The zero-order valence-electron chi connectivity index (χ0n) is 18.9. The van der Waals surface area contributed by atoms with E-state index in [0.29, 0.717) is 22.5 Å². The van der Waals surface area contributed by atoms with E-state index in [1.54, 1.807) is 30.0 Å². The fourth-order valence-electron chi connectivity index (χ4n) is 4.74. The molecule has 0 saturated carbocycles. The number of hydrogen-bond donors (Lipinski definition) is 2. The van der Waals surface area contributed by atoms with E-state index in [2.05, 4.69) is 22.7 Å². The van der Waals surface area contributed by atoms with Gasteiger partial charge >= 0.3 is 5.97 Å². The topological polar surface area (TPSA) is 82.0 Å². The van der Waals surface area contributed by atoms with Crippen LogP contribution in [0, 0.1) is 5.82 Å². The Morgan fingerprint density at radius 1 is 1.06 bits per heavy atom. The molecule has 3 aromatic carbocycles. The number of halogens is 1. The van der Waals surface area contributed by atoms with Crippen LogP contribution in [0.5, 0.6) is 0 Å². The summed E-state index contributed by atoms with van der Waals surface area (Å²) in [7, 11) is 0. The van der Waals surface area contributed by atoms with Gasteiger partial charge in [-0.05, 0) is 85.3 Å². The number of rotatable bonds is 5. The van der Waals surface area contributed by atoms with Crippen LogP contribution in [0.25, 0.3) is 0 Å². The number of hydrazone groups is 1. The zero-order chi connectivity index (χ0) is 24.7. The number of carboxylic acid groups (broad SMARTS) is 1. The van der Waals surface area contributed by atoms with Crippen molar-refractivity contribution in [3.8, 4) is 0 Å². The van der Waals surface area contributed by atoms with E-state index in [1.807, 2.05) is 6.07 Å². The first-order chi connectivity index (χ1) is 16.8. The highest BCUT2D eigenvalue weighted by Gasteiger charge is 2.40. The van der Waals surface area contributed by atoms with E-state index < -0.39 is 17.7 Å². The van der Waals surface area contributed by atoms with Gasteiger partial charge in [-0.3, -0.25) is 15.1 Å². The molecular formula is C27H22FN3O3S. The third-order valence-corrected chi connectivity index (χ3v) is 6.82. The van der Waals surface area contributed by atoms with Crippen molar-refractivity contribution in [2.45, 2.75) is 32.1 Å². The molecule has 2 aliphatic rings. The Labute approximate surface area is 207 Å². The molecule has 0 spiro atoms. The SMILES string of the molecule is C/C(=N\NC(=S)c1ccc(C(=O)O)cc1)C1C(=O)N(c2ccc3c(c2)CCC3)c2ccc(F)cc21. The number of carboxylic acids is 1. The molecule has 35 heavy (non-hydrogen) atoms. The van der Waals surface area contributed by atoms with Crippen LogP contribution < -0.4 is 10.3 Å². The Hall–Kier alpha value is -3.91. The average Bonchev–Trinajstić information content (AvgIpc) is 3.43. The van der Waals surface area contributed by atoms with Crippen LogP contribution in [-0.4, -0.2) is 27.7 Å². The monoisotopic (exact) mass is 487 g/mol. The molecule has 0 radical (unpaired) electrons. The first-order valence-electron chi connectivity index (χ1n) is 11.3. The smallest absolute Gasteiger partial charge is 0.335 e. The summed E-state index contributed by atoms with van der Waals surface area (Å²) in [6.07, 6.45) is 3.14. The quantitative estimate of drug-likeness (QED) is 0.297. The van der Waals surface area contributed by atoms with Gasteiger partial charge in [0.1, 0.15) is 16.7 Å². The predicted octanol–water partition coefficient (Wildman–Crippen LogP) is 5.12. The molecular weight excluding hydrogens is 465 g/mol. The van der Waals surface area contributed by atoms with Gasteiger partial charge in [0.2, 0.25) is 5.91 Å². The molecule has 8 heteroatoms. The van der Waals surface area contributed by atoms with Crippen molar-refractivity contribution in [2.75, 3.05) is 4.90 Å². The first-order valence-corrected chi connectivity index (χ1v) is 11.7. The summed E-state index contributed by atoms with van der Waals surface area (Å²) in [5.74, 6) is -2.42. The molecule has 6 nitrogen and oxygen atoms in total. The van der Waals surface area contributed by atoms with Crippen LogP contribution in [0.15, 0.2) is 65.8 Å². The normalized spacial score (nSPS) is 16.7. The summed E-state index contributed by atoms with van der Waals surface area (Å²) in [6, 6.07) is 16.5. The Kier molecular flexibility index (Phi) is 5.90. The number of aryl methyl sites for hydroxylation is 2. The Morgan fingerprint density at radius 2 is 1.77 bits per heavy atom. The molecule has 3 aromatic rings. The molecule has 1 heterocycles. The number of fused-ring (bicyclic) bond motifs is 2. The van der Waals surface area contributed by atoms with Gasteiger partial charge in [-0.15, -0.1) is 0 Å². The minimum Gasteiger partial charge on any atom is -0.478 e. The molecule has 0 fully saturated rings. The molecule has 1 amide bonds. The van der Waals surface area contributed by atoms with Crippen molar-refractivity contribution in [3.05, 3.63) is 94.3 Å². The average molecular weight is 488 g/mol. The maximum Gasteiger partial charge on any atom is 0.335 e. The van der Waals surface area contributed by atoms with E-state index in [-0.39, 0.29) is 16.5 Å². The molecule has 176 valence electrons. The van der Waals surface area contributed by atoms with E-state index in [0.717, 1.165) is 24.9 Å². The number of amides is 1. The third kappa shape index (κ3) is 4.21. The highest BCUT2D eigenvalue weighted by atomic mass is 32.1. The van der Waals surface area contributed by atoms with Crippen LogP contribution in [0.2, 0.25) is 0 Å². The fraction of sp³-hybridized carbons (Fsp3) is 0.185. The lowest BCUT2D eigenvalue weighted by Gasteiger charge is -2.19. The number of carbonyl (C=O) groups excluding carboxylic acids is 1. The standard InChI is InChI=1S/C27H22FN3O3S/c1-15(29-30-25(35)17-5-7-18(8-6-17)27(33)34)24-22-14-20(28)10-12-23(22)31(26(24)32)21-11-9-16-3-2-4-19(16)13-21/h5-14,24H,2-4H2,1H3,(H,30,35)(H,33,34)/b29-15+. The van der Waals surface area contributed by atoms with Crippen molar-refractivity contribution in [1.29, 1.82) is 0 Å². The number of aromatic carboxylic acids is 1. The number of anilines is 2. The molecule has 0 aromatic heterocycles. The fourth-order valence-corrected chi connectivity index (χ4v) is 4.92. The van der Waals surface area contributed by atoms with Gasteiger partial charge in [0.15, 0.2) is 0 Å². The molecule has 1 aliphatic heterocycles. The molecule has 0 bridgehead atoms. The van der Waals surface area contributed by atoms with Crippen molar-refractivity contribution in [2.24, 2.45) is 5.10 Å². The highest BCUT2D eigenvalue weighted by molar-refractivity contribution is 7.80. The lowest BCUT2D eigenvalue weighted by atomic mass is 9.96. The second-order valence-corrected chi connectivity index (χ2v) is 9.10. The largest absolute Gasteiger partial charge is 0.478 e. The predicted molar refractivity (Wildman–Crippen MR) is 136 cm³/mol. The minimum atomic E-state index is -1.03. The Balaban J connectivity index is 1.43. The summed E-state index contributed by atoms with van der Waals surface area (Å²) in [6.45, 7) is 1.70. The van der Waals surface area contributed by atoms with Gasteiger partial charge in [-0.25, -0.2) is 9.18 Å². The summed E-state index contributed by atoms with van der Waals surface area (Å²) < 4.78 is 14.2. The van der Waals surface area contributed by atoms with Gasteiger partial charge in [0.25, 0.3) is 0 Å². The van der Waals surface area contributed by atoms with Crippen LogP contribution in [-0.2, 0) is 17.6 Å². The number of nitrogens with zero attached hydrogens (tertiary/aromatic N) is 2. The van der Waals surface area contributed by atoms with Crippen LogP contribution in [0.3, 0.4) is 0 Å². The number of benzene rings is 3. The second-order valence-electron chi connectivity index (χ2n) is 8.69. The lowest BCUT2D eigenvalue weighted by Crippen LogP contribution is -2.28. The summed E-state index contributed by atoms with van der Waals surface area (Å²) in [4.78, 5) is 26.6. The molecule has 1 aliphatic carbocycles. The number of carbonyl (C=O) groups is 2. The van der Waals surface area contributed by atoms with Crippen molar-refractivity contribution in [3.63, 3.8) is 0 Å². The third-order valence-electron chi connectivity index (χ3n) is 6.49. The summed E-state index contributed by atoms with van der Waals surface area (Å²) >= 11 is 5.38. The van der Waals surface area contributed by atoms with Gasteiger partial charge in [-0.2, -0.15) is 5.10 Å². The molecule has 1 atom stereocenters. The van der Waals surface area contributed by atoms with Crippen molar-refractivity contribution < 1.29 is 19.1 Å². The van der Waals surface area contributed by atoms with Crippen molar-refractivity contribution in [1.82, 2.24) is 5.43 Å². The first kappa shape index (κ1) is 22.9. The van der Waals surface area contributed by atoms with E-state index >= 15 is 0 Å². The molecule has 2 N–H and O–H groups in total.